The maximum absolute atomic E-state index is 13.0. The normalized spacial score (nSPS) is 13.0. The summed E-state index contributed by atoms with van der Waals surface area (Å²) in [6.45, 7) is 1.84. The molecule has 1 aromatic carbocycles. The van der Waals surface area contributed by atoms with E-state index in [1.807, 2.05) is 0 Å². The number of para-hydroxylation sites is 1. The molecule has 0 aliphatic carbocycles. The number of sulfonamides is 1. The van der Waals surface area contributed by atoms with Crippen molar-refractivity contribution in [2.75, 3.05) is 33.8 Å². The van der Waals surface area contributed by atoms with Crippen molar-refractivity contribution in [3.8, 4) is 0 Å². The second-order valence-corrected chi connectivity index (χ2v) is 7.62. The third-order valence-electron chi connectivity index (χ3n) is 3.19. The van der Waals surface area contributed by atoms with Crippen molar-refractivity contribution in [1.29, 1.82) is 0 Å². The van der Waals surface area contributed by atoms with E-state index in [1.54, 1.807) is 25.9 Å². The Balaban J connectivity index is 3.36. The number of hydrogen-bond donors (Lipinski definition) is 1. The van der Waals surface area contributed by atoms with Crippen molar-refractivity contribution in [1.82, 2.24) is 9.21 Å². The molecule has 0 heterocycles. The smallest absolute Gasteiger partial charge is 0.334 e. The molecular weight excluding hydrogens is 370 g/mol. The van der Waals surface area contributed by atoms with Crippen molar-refractivity contribution in [3.05, 3.63) is 34.4 Å². The number of ether oxygens (including phenoxy) is 1. The molecule has 1 atom stereocenters. The van der Waals surface area contributed by atoms with E-state index >= 15 is 0 Å². The van der Waals surface area contributed by atoms with Gasteiger partial charge in [-0.2, -0.15) is 4.31 Å². The van der Waals surface area contributed by atoms with Gasteiger partial charge in [0.25, 0.3) is 15.7 Å². The summed E-state index contributed by atoms with van der Waals surface area (Å²) in [6.07, 6.45) is 0. The zero-order chi connectivity index (χ0) is 19.2. The highest BCUT2D eigenvalue weighted by Gasteiger charge is 2.38. The third kappa shape index (κ3) is 5.39. The van der Waals surface area contributed by atoms with Gasteiger partial charge in [0.15, 0.2) is 10.3 Å². The number of nitro benzene ring substituents is 1. The molecule has 1 unspecified atom stereocenters. The van der Waals surface area contributed by atoms with Crippen LogP contribution in [-0.4, -0.2) is 67.7 Å². The van der Waals surface area contributed by atoms with Crippen LogP contribution < -0.4 is 0 Å². The lowest BCUT2D eigenvalue weighted by Gasteiger charge is -2.27. The quantitative estimate of drug-likeness (QED) is 0.219. The van der Waals surface area contributed by atoms with Crippen LogP contribution in [0, 0.1) is 10.1 Å². The number of nitrogens with zero attached hydrogens (tertiary/aromatic N) is 3. The molecule has 0 aliphatic rings. The van der Waals surface area contributed by atoms with Gasteiger partial charge in [-0.15, -0.1) is 12.6 Å². The van der Waals surface area contributed by atoms with Crippen LogP contribution in [0.1, 0.15) is 6.92 Å². The Morgan fingerprint density at radius 2 is 1.92 bits per heavy atom. The lowest BCUT2D eigenvalue weighted by atomic mass is 10.3. The highest BCUT2D eigenvalue weighted by atomic mass is 32.2. The zero-order valence-corrected chi connectivity index (χ0v) is 15.9. The first-order valence-electron chi connectivity index (χ1n) is 7.37. The van der Waals surface area contributed by atoms with Gasteiger partial charge in [-0.05, 0) is 27.1 Å². The summed E-state index contributed by atoms with van der Waals surface area (Å²) in [4.78, 5) is 23.6. The molecule has 25 heavy (non-hydrogen) atoms. The molecular formula is C14H21N3O6S2. The summed E-state index contributed by atoms with van der Waals surface area (Å²) in [5.74, 6) is -0.841. The second-order valence-electron chi connectivity index (χ2n) is 5.27. The molecule has 1 rings (SSSR count). The van der Waals surface area contributed by atoms with Crippen LogP contribution in [-0.2, 0) is 19.6 Å². The molecule has 0 N–H and O–H groups in total. The van der Waals surface area contributed by atoms with E-state index < -0.39 is 36.9 Å². The van der Waals surface area contributed by atoms with Crippen molar-refractivity contribution in [2.24, 2.45) is 0 Å². The van der Waals surface area contributed by atoms with Gasteiger partial charge in [0, 0.05) is 19.2 Å². The highest BCUT2D eigenvalue weighted by molar-refractivity contribution is 7.90. The van der Waals surface area contributed by atoms with Crippen LogP contribution in [0.15, 0.2) is 29.2 Å². The van der Waals surface area contributed by atoms with Crippen molar-refractivity contribution >= 4 is 34.3 Å². The third-order valence-corrected chi connectivity index (χ3v) is 5.74. The summed E-state index contributed by atoms with van der Waals surface area (Å²) >= 11 is 4.07. The van der Waals surface area contributed by atoms with E-state index in [2.05, 4.69) is 12.6 Å². The first kappa shape index (κ1) is 21.4. The Morgan fingerprint density at radius 3 is 2.44 bits per heavy atom. The Labute approximate surface area is 152 Å². The summed E-state index contributed by atoms with van der Waals surface area (Å²) in [7, 11) is -0.888. The van der Waals surface area contributed by atoms with Gasteiger partial charge < -0.3 is 9.64 Å². The van der Waals surface area contributed by atoms with E-state index in [1.165, 1.54) is 12.1 Å². The van der Waals surface area contributed by atoms with E-state index in [4.69, 9.17) is 4.74 Å². The van der Waals surface area contributed by atoms with E-state index in [9.17, 15) is 23.3 Å². The fourth-order valence-electron chi connectivity index (χ4n) is 1.96. The van der Waals surface area contributed by atoms with Gasteiger partial charge in [-0.1, -0.05) is 12.1 Å². The van der Waals surface area contributed by atoms with Crippen LogP contribution >= 0.6 is 12.6 Å². The number of esters is 1. The predicted molar refractivity (Wildman–Crippen MR) is 94.9 cm³/mol. The van der Waals surface area contributed by atoms with Crippen LogP contribution in [0.3, 0.4) is 0 Å². The lowest BCUT2D eigenvalue weighted by molar-refractivity contribution is -0.387. The minimum atomic E-state index is -4.35. The molecule has 11 heteroatoms. The van der Waals surface area contributed by atoms with Crippen molar-refractivity contribution in [2.45, 2.75) is 17.2 Å². The first-order chi connectivity index (χ1) is 11.6. The van der Waals surface area contributed by atoms with Gasteiger partial charge in [-0.3, -0.25) is 10.1 Å². The molecule has 0 spiro atoms. The van der Waals surface area contributed by atoms with Crippen LogP contribution in [0.4, 0.5) is 5.69 Å². The number of carbonyl (C=O) groups is 1. The molecule has 0 fully saturated rings. The fraction of sp³-hybridized carbons (Fsp3) is 0.500. The van der Waals surface area contributed by atoms with Gasteiger partial charge >= 0.3 is 5.97 Å². The Morgan fingerprint density at radius 1 is 1.32 bits per heavy atom. The van der Waals surface area contributed by atoms with Gasteiger partial charge in [0.1, 0.15) is 0 Å². The molecule has 0 saturated heterocycles. The molecule has 140 valence electrons. The summed E-state index contributed by atoms with van der Waals surface area (Å²) in [6, 6.07) is 4.96. The minimum absolute atomic E-state index is 0.0585. The van der Waals surface area contributed by atoms with Gasteiger partial charge in [0.2, 0.25) is 0 Å². The topological polar surface area (TPSA) is 110 Å². The Hall–Kier alpha value is -1.69. The first-order valence-corrected chi connectivity index (χ1v) is 9.33. The second kappa shape index (κ2) is 9.13. The minimum Gasteiger partial charge on any atom is -0.464 e. The molecule has 0 bridgehead atoms. The number of carbonyl (C=O) groups excluding carboxylic acids is 1. The summed E-state index contributed by atoms with van der Waals surface area (Å²) in [5.41, 5.74) is -0.568. The number of rotatable bonds is 9. The molecule has 9 nitrogen and oxygen atoms in total. The van der Waals surface area contributed by atoms with Gasteiger partial charge in [0.05, 0.1) is 11.5 Å². The van der Waals surface area contributed by atoms with Gasteiger partial charge in [-0.25, -0.2) is 13.2 Å². The van der Waals surface area contributed by atoms with Crippen molar-refractivity contribution in [3.63, 3.8) is 0 Å². The Kier molecular flexibility index (Phi) is 7.80. The van der Waals surface area contributed by atoms with E-state index in [0.29, 0.717) is 0 Å². The summed E-state index contributed by atoms with van der Waals surface area (Å²) in [5, 5.41) is 9.75. The molecule has 0 radical (unpaired) electrons. The summed E-state index contributed by atoms with van der Waals surface area (Å²) < 4.78 is 31.6. The zero-order valence-electron chi connectivity index (χ0n) is 14.2. The number of likely N-dealkylation sites (N-methyl/N-ethyl adjacent to an activating group) is 1. The fourth-order valence-corrected chi connectivity index (χ4v) is 4.10. The standard InChI is InChI=1S/C14H21N3O6S2/c1-4-23-14(18)13(24)16(10-9-15(2)3)25(21,22)12-8-6-5-7-11(12)17(19)20/h5-8,13,24H,4,9-10H2,1-3H3. The SMILES string of the molecule is CCOC(=O)C(S)N(CCN(C)C)S(=O)(=O)c1ccccc1[N+](=O)[O-]. The maximum atomic E-state index is 13.0. The van der Waals surface area contributed by atoms with Crippen LogP contribution in [0.5, 0.6) is 0 Å². The largest absolute Gasteiger partial charge is 0.464 e. The van der Waals surface area contributed by atoms with Crippen LogP contribution in [0.25, 0.3) is 0 Å². The van der Waals surface area contributed by atoms with E-state index in [0.717, 1.165) is 16.4 Å². The maximum Gasteiger partial charge on any atom is 0.334 e. The monoisotopic (exact) mass is 391 g/mol. The van der Waals surface area contributed by atoms with Crippen LogP contribution in [0.2, 0.25) is 0 Å². The highest BCUT2D eigenvalue weighted by Crippen LogP contribution is 2.28. The van der Waals surface area contributed by atoms with Crippen molar-refractivity contribution < 1.29 is 22.9 Å². The average Bonchev–Trinajstić information content (AvgIpc) is 2.54. The molecule has 0 saturated carbocycles. The van der Waals surface area contributed by atoms with E-state index in [-0.39, 0.29) is 19.7 Å². The predicted octanol–water partition coefficient (Wildman–Crippen LogP) is 0.966. The number of hydrogen-bond acceptors (Lipinski definition) is 8. The molecule has 0 aliphatic heterocycles. The average molecular weight is 391 g/mol. The lowest BCUT2D eigenvalue weighted by Crippen LogP contribution is -2.45. The molecule has 1 aromatic rings. The number of nitro groups is 1. The molecule has 0 aromatic heterocycles. The molecule has 0 amide bonds. The number of benzene rings is 1. The Bertz CT molecular complexity index is 723. The number of thiol groups is 1.